The summed E-state index contributed by atoms with van der Waals surface area (Å²) in [5.74, 6) is 0.779. The van der Waals surface area contributed by atoms with Crippen LogP contribution >= 0.6 is 23.7 Å². The lowest BCUT2D eigenvalue weighted by Crippen LogP contribution is -2.29. The van der Waals surface area contributed by atoms with Gasteiger partial charge in [0.2, 0.25) is 5.78 Å². The predicted molar refractivity (Wildman–Crippen MR) is 79.3 cm³/mol. The average molecular weight is 305 g/mol. The molecule has 0 radical (unpaired) electrons. The molecule has 6 heteroatoms. The third kappa shape index (κ3) is 5.99. The van der Waals surface area contributed by atoms with Crippen molar-refractivity contribution in [1.82, 2.24) is 10.3 Å². The van der Waals surface area contributed by atoms with Crippen LogP contribution in [0.5, 0.6) is 0 Å². The van der Waals surface area contributed by atoms with Gasteiger partial charge >= 0.3 is 0 Å². The van der Waals surface area contributed by atoms with Crippen molar-refractivity contribution in [3.63, 3.8) is 0 Å². The summed E-state index contributed by atoms with van der Waals surface area (Å²) < 4.78 is 5.41. The Kier molecular flexibility index (Phi) is 8.21. The number of halogens is 1. The molecule has 1 saturated heterocycles. The van der Waals surface area contributed by atoms with Gasteiger partial charge in [0.25, 0.3) is 0 Å². The highest BCUT2D eigenvalue weighted by molar-refractivity contribution is 7.11. The molecule has 2 rings (SSSR count). The fraction of sp³-hybridized carbons (Fsp3) is 0.692. The largest absolute Gasteiger partial charge is 0.373 e. The quantitative estimate of drug-likeness (QED) is 0.621. The van der Waals surface area contributed by atoms with Crippen molar-refractivity contribution in [1.29, 1.82) is 0 Å². The molecule has 0 bridgehead atoms. The number of thiazole rings is 1. The zero-order chi connectivity index (χ0) is 12.6. The Balaban J connectivity index is 0.00000180. The minimum atomic E-state index is -0.00988. The molecule has 1 fully saturated rings. The van der Waals surface area contributed by atoms with Gasteiger partial charge in [0, 0.05) is 18.2 Å². The fourth-order valence-corrected chi connectivity index (χ4v) is 2.79. The molecule has 1 aromatic heterocycles. The van der Waals surface area contributed by atoms with Crippen molar-refractivity contribution in [2.45, 2.75) is 25.7 Å². The summed E-state index contributed by atoms with van der Waals surface area (Å²) in [6, 6.07) is 0. The van der Waals surface area contributed by atoms with Crippen LogP contribution in [0.1, 0.15) is 35.5 Å². The van der Waals surface area contributed by atoms with E-state index in [1.54, 1.807) is 6.20 Å². The van der Waals surface area contributed by atoms with E-state index >= 15 is 0 Å². The van der Waals surface area contributed by atoms with Gasteiger partial charge in [-0.3, -0.25) is 4.79 Å². The Morgan fingerprint density at radius 1 is 1.58 bits per heavy atom. The standard InChI is InChI=1S/C13H20N2O2S.ClH/c16-12(13-15-6-8-18-13)10-17-7-2-4-11-3-1-5-14-9-11;/h6,8,11,14H,1-5,7,9-10H2;1H. The third-order valence-electron chi connectivity index (χ3n) is 3.20. The highest BCUT2D eigenvalue weighted by Gasteiger charge is 2.12. The summed E-state index contributed by atoms with van der Waals surface area (Å²) >= 11 is 1.37. The smallest absolute Gasteiger partial charge is 0.216 e. The lowest BCUT2D eigenvalue weighted by molar-refractivity contribution is 0.0745. The summed E-state index contributed by atoms with van der Waals surface area (Å²) in [4.78, 5) is 15.6. The molecule has 0 spiro atoms. The Bertz CT molecular complexity index is 354. The van der Waals surface area contributed by atoms with E-state index in [0.29, 0.717) is 11.6 Å². The van der Waals surface area contributed by atoms with Crippen LogP contribution in [0, 0.1) is 5.92 Å². The summed E-state index contributed by atoms with van der Waals surface area (Å²) in [5, 5.41) is 5.77. The Hall–Kier alpha value is -0.490. The number of ketones is 1. The van der Waals surface area contributed by atoms with Crippen LogP contribution < -0.4 is 5.32 Å². The molecule has 1 aliphatic rings. The number of aromatic nitrogens is 1. The summed E-state index contributed by atoms with van der Waals surface area (Å²) in [7, 11) is 0. The van der Waals surface area contributed by atoms with Crippen LogP contribution in [0.4, 0.5) is 0 Å². The number of nitrogens with zero attached hydrogens (tertiary/aromatic N) is 1. The minimum absolute atomic E-state index is 0. The van der Waals surface area contributed by atoms with Crippen molar-refractivity contribution in [3.05, 3.63) is 16.6 Å². The number of carbonyl (C=O) groups excluding carboxylic acids is 1. The van der Waals surface area contributed by atoms with E-state index in [9.17, 15) is 4.79 Å². The van der Waals surface area contributed by atoms with Crippen LogP contribution in [0.25, 0.3) is 0 Å². The van der Waals surface area contributed by atoms with E-state index in [2.05, 4.69) is 10.3 Å². The van der Waals surface area contributed by atoms with E-state index in [4.69, 9.17) is 4.74 Å². The molecular weight excluding hydrogens is 284 g/mol. The number of hydrogen-bond acceptors (Lipinski definition) is 5. The second kappa shape index (κ2) is 9.42. The maximum absolute atomic E-state index is 11.6. The van der Waals surface area contributed by atoms with Gasteiger partial charge in [0.05, 0.1) is 0 Å². The SMILES string of the molecule is Cl.O=C(COCCCC1CCCNC1)c1nccs1. The number of piperidine rings is 1. The molecule has 1 unspecified atom stereocenters. The molecule has 1 N–H and O–H groups in total. The van der Waals surface area contributed by atoms with Gasteiger partial charge < -0.3 is 10.1 Å². The summed E-state index contributed by atoms with van der Waals surface area (Å²) in [6.07, 6.45) is 6.49. The molecule has 0 saturated carbocycles. The highest BCUT2D eigenvalue weighted by atomic mass is 35.5. The zero-order valence-corrected chi connectivity index (χ0v) is 12.6. The number of ether oxygens (including phenoxy) is 1. The maximum Gasteiger partial charge on any atom is 0.216 e. The van der Waals surface area contributed by atoms with Crippen LogP contribution in [-0.4, -0.2) is 37.1 Å². The second-order valence-electron chi connectivity index (χ2n) is 4.67. The predicted octanol–water partition coefficient (Wildman–Crippen LogP) is 2.54. The molecule has 108 valence electrons. The summed E-state index contributed by atoms with van der Waals surface area (Å²) in [5.41, 5.74) is 0. The van der Waals surface area contributed by atoms with Crippen molar-refractivity contribution in [2.24, 2.45) is 5.92 Å². The van der Waals surface area contributed by atoms with Gasteiger partial charge in [-0.1, -0.05) is 0 Å². The first-order valence-corrected chi connectivity index (χ1v) is 7.45. The van der Waals surface area contributed by atoms with Crippen molar-refractivity contribution < 1.29 is 9.53 Å². The first kappa shape index (κ1) is 16.6. The molecular formula is C13H21ClN2O2S. The Labute approximate surface area is 124 Å². The molecule has 1 atom stereocenters. The Morgan fingerprint density at radius 3 is 3.16 bits per heavy atom. The highest BCUT2D eigenvalue weighted by Crippen LogP contribution is 2.15. The minimum Gasteiger partial charge on any atom is -0.373 e. The maximum atomic E-state index is 11.6. The van der Waals surface area contributed by atoms with Crippen LogP contribution in [0.2, 0.25) is 0 Å². The van der Waals surface area contributed by atoms with Crippen molar-refractivity contribution in [3.8, 4) is 0 Å². The number of hydrogen-bond donors (Lipinski definition) is 1. The molecule has 0 aliphatic carbocycles. The topological polar surface area (TPSA) is 51.2 Å². The van der Waals surface area contributed by atoms with Gasteiger partial charge in [-0.25, -0.2) is 4.98 Å². The Morgan fingerprint density at radius 2 is 2.47 bits per heavy atom. The number of rotatable bonds is 7. The zero-order valence-electron chi connectivity index (χ0n) is 11.0. The number of nitrogens with one attached hydrogen (secondary N) is 1. The van der Waals surface area contributed by atoms with Crippen molar-refractivity contribution in [2.75, 3.05) is 26.3 Å². The normalized spacial score (nSPS) is 18.8. The monoisotopic (exact) mass is 304 g/mol. The summed E-state index contributed by atoms with van der Waals surface area (Å²) in [6.45, 7) is 3.14. The third-order valence-corrected chi connectivity index (χ3v) is 4.02. The van der Waals surface area contributed by atoms with Gasteiger partial charge in [0.1, 0.15) is 6.61 Å². The van der Waals surface area contributed by atoms with Gasteiger partial charge in [0.15, 0.2) is 5.01 Å². The molecule has 4 nitrogen and oxygen atoms in total. The second-order valence-corrected chi connectivity index (χ2v) is 5.56. The van der Waals surface area contributed by atoms with Gasteiger partial charge in [-0.05, 0) is 44.7 Å². The average Bonchev–Trinajstić information content (AvgIpc) is 2.93. The van der Waals surface area contributed by atoms with Crippen LogP contribution in [-0.2, 0) is 4.74 Å². The van der Waals surface area contributed by atoms with Crippen LogP contribution in [0.15, 0.2) is 11.6 Å². The molecule has 1 aromatic rings. The number of Topliss-reactive ketones (excluding diaryl/α,β-unsaturated/α-hetero) is 1. The van der Waals surface area contributed by atoms with E-state index in [-0.39, 0.29) is 24.8 Å². The van der Waals surface area contributed by atoms with E-state index in [1.165, 1.54) is 30.6 Å². The lowest BCUT2D eigenvalue weighted by atomic mass is 9.95. The van der Waals surface area contributed by atoms with E-state index in [1.807, 2.05) is 5.38 Å². The van der Waals surface area contributed by atoms with Gasteiger partial charge in [-0.15, -0.1) is 23.7 Å². The first-order valence-electron chi connectivity index (χ1n) is 6.57. The molecule has 2 heterocycles. The van der Waals surface area contributed by atoms with Gasteiger partial charge in [-0.2, -0.15) is 0 Å². The fourth-order valence-electron chi connectivity index (χ4n) is 2.23. The van der Waals surface area contributed by atoms with E-state index < -0.39 is 0 Å². The molecule has 0 amide bonds. The van der Waals surface area contributed by atoms with Crippen molar-refractivity contribution >= 4 is 29.5 Å². The number of carbonyl (C=O) groups is 1. The van der Waals surface area contributed by atoms with Crippen LogP contribution in [0.3, 0.4) is 0 Å². The molecule has 0 aromatic carbocycles. The first-order chi connectivity index (χ1) is 8.86. The molecule has 19 heavy (non-hydrogen) atoms. The molecule has 1 aliphatic heterocycles. The lowest BCUT2D eigenvalue weighted by Gasteiger charge is -2.22. The van der Waals surface area contributed by atoms with E-state index in [0.717, 1.165) is 25.4 Å².